The fraction of sp³-hybridized carbons (Fsp3) is 0.500. The van der Waals surface area contributed by atoms with Crippen LogP contribution in [0.15, 0.2) is 0 Å². The van der Waals surface area contributed by atoms with E-state index in [1.807, 2.05) is 0 Å². The SMILES string of the molecule is CS(=O)(=O)CCc1nc(N)nc(N)c1C(F)(F)F. The Balaban J connectivity index is 3.25. The Kier molecular flexibility index (Phi) is 3.70. The van der Waals surface area contributed by atoms with Crippen molar-refractivity contribution in [1.82, 2.24) is 9.97 Å². The van der Waals surface area contributed by atoms with Gasteiger partial charge in [-0.05, 0) is 0 Å². The van der Waals surface area contributed by atoms with Gasteiger partial charge in [-0.15, -0.1) is 0 Å². The number of aryl methyl sites for hydroxylation is 1. The highest BCUT2D eigenvalue weighted by molar-refractivity contribution is 7.90. The first-order chi connectivity index (χ1) is 8.00. The Morgan fingerprint density at radius 3 is 2.22 bits per heavy atom. The Bertz CT molecular complexity index is 556. The number of anilines is 2. The van der Waals surface area contributed by atoms with E-state index in [0.717, 1.165) is 6.26 Å². The van der Waals surface area contributed by atoms with E-state index in [4.69, 9.17) is 11.5 Å². The fourth-order valence-electron chi connectivity index (χ4n) is 1.32. The van der Waals surface area contributed by atoms with Crippen LogP contribution in [0, 0.1) is 0 Å². The topological polar surface area (TPSA) is 112 Å². The molecule has 0 spiro atoms. The molecule has 0 saturated carbocycles. The predicted octanol–water partition coefficient (Wildman–Crippen LogP) is 0.247. The van der Waals surface area contributed by atoms with Crippen molar-refractivity contribution in [2.45, 2.75) is 12.6 Å². The number of hydrogen-bond donors (Lipinski definition) is 2. The molecule has 0 fully saturated rings. The number of nitrogens with two attached hydrogens (primary N) is 2. The van der Waals surface area contributed by atoms with Gasteiger partial charge >= 0.3 is 6.18 Å². The molecule has 0 atom stereocenters. The summed E-state index contributed by atoms with van der Waals surface area (Å²) >= 11 is 0. The minimum Gasteiger partial charge on any atom is -0.383 e. The van der Waals surface area contributed by atoms with Crippen LogP contribution in [0.5, 0.6) is 0 Å². The van der Waals surface area contributed by atoms with Gasteiger partial charge in [0.1, 0.15) is 21.2 Å². The van der Waals surface area contributed by atoms with Crippen molar-refractivity contribution in [1.29, 1.82) is 0 Å². The van der Waals surface area contributed by atoms with Crippen molar-refractivity contribution < 1.29 is 21.6 Å². The molecule has 0 aliphatic heterocycles. The number of alkyl halides is 3. The number of aromatic nitrogens is 2. The lowest BCUT2D eigenvalue weighted by Gasteiger charge is -2.13. The van der Waals surface area contributed by atoms with E-state index in [1.54, 1.807) is 0 Å². The molecule has 1 aromatic rings. The molecule has 1 rings (SSSR count). The summed E-state index contributed by atoms with van der Waals surface area (Å²) < 4.78 is 60.0. The molecule has 1 heterocycles. The minimum absolute atomic E-state index is 0.426. The van der Waals surface area contributed by atoms with Crippen molar-refractivity contribution in [3.63, 3.8) is 0 Å². The summed E-state index contributed by atoms with van der Waals surface area (Å²) in [5.41, 5.74) is 8.59. The van der Waals surface area contributed by atoms with E-state index in [1.165, 1.54) is 0 Å². The number of hydrogen-bond acceptors (Lipinski definition) is 6. The summed E-state index contributed by atoms with van der Waals surface area (Å²) in [7, 11) is -3.42. The second-order valence-corrected chi connectivity index (χ2v) is 5.93. The van der Waals surface area contributed by atoms with E-state index in [-0.39, 0.29) is 0 Å². The molecule has 10 heteroatoms. The maximum absolute atomic E-state index is 12.7. The molecule has 0 aromatic carbocycles. The smallest absolute Gasteiger partial charge is 0.383 e. The maximum atomic E-state index is 12.7. The first-order valence-electron chi connectivity index (χ1n) is 4.67. The van der Waals surface area contributed by atoms with Gasteiger partial charge in [0.25, 0.3) is 0 Å². The number of rotatable bonds is 3. The van der Waals surface area contributed by atoms with Gasteiger partial charge in [-0.2, -0.15) is 18.2 Å². The predicted molar refractivity (Wildman–Crippen MR) is 59.3 cm³/mol. The zero-order valence-corrected chi connectivity index (χ0v) is 10.1. The molecule has 18 heavy (non-hydrogen) atoms. The van der Waals surface area contributed by atoms with Gasteiger partial charge in [0.15, 0.2) is 0 Å². The summed E-state index contributed by atoms with van der Waals surface area (Å²) in [6.07, 6.45) is -4.27. The van der Waals surface area contributed by atoms with Crippen LogP contribution in [-0.2, 0) is 22.4 Å². The van der Waals surface area contributed by atoms with E-state index >= 15 is 0 Å². The molecule has 0 unspecified atom stereocenters. The summed E-state index contributed by atoms with van der Waals surface area (Å²) in [6.45, 7) is 0. The first-order valence-corrected chi connectivity index (χ1v) is 6.73. The Morgan fingerprint density at radius 2 is 1.78 bits per heavy atom. The van der Waals surface area contributed by atoms with Gasteiger partial charge in [-0.25, -0.2) is 13.4 Å². The Morgan fingerprint density at radius 1 is 1.22 bits per heavy atom. The second kappa shape index (κ2) is 4.59. The molecular formula is C8H11F3N4O2S. The lowest BCUT2D eigenvalue weighted by molar-refractivity contribution is -0.137. The highest BCUT2D eigenvalue weighted by Crippen LogP contribution is 2.35. The molecule has 0 aliphatic rings. The van der Waals surface area contributed by atoms with Crippen LogP contribution in [0.25, 0.3) is 0 Å². The average molecular weight is 284 g/mol. The van der Waals surface area contributed by atoms with Crippen LogP contribution >= 0.6 is 0 Å². The number of nitrogen functional groups attached to an aromatic ring is 2. The van der Waals surface area contributed by atoms with E-state index in [0.29, 0.717) is 0 Å². The normalized spacial score (nSPS) is 12.7. The molecular weight excluding hydrogens is 273 g/mol. The molecule has 0 radical (unpaired) electrons. The van der Waals surface area contributed by atoms with Gasteiger partial charge < -0.3 is 11.5 Å². The highest BCUT2D eigenvalue weighted by Gasteiger charge is 2.37. The van der Waals surface area contributed by atoms with Crippen molar-refractivity contribution >= 4 is 21.6 Å². The summed E-state index contributed by atoms with van der Waals surface area (Å²) in [6, 6.07) is 0. The van der Waals surface area contributed by atoms with Crippen LogP contribution in [0.4, 0.5) is 24.9 Å². The van der Waals surface area contributed by atoms with E-state index < -0.39 is 51.2 Å². The van der Waals surface area contributed by atoms with Crippen LogP contribution in [-0.4, -0.2) is 30.4 Å². The quantitative estimate of drug-likeness (QED) is 0.822. The van der Waals surface area contributed by atoms with Crippen molar-refractivity contribution in [3.8, 4) is 0 Å². The molecule has 6 nitrogen and oxygen atoms in total. The fourth-order valence-corrected chi connectivity index (χ4v) is 1.88. The number of halogens is 3. The molecule has 1 aromatic heterocycles. The number of nitrogens with zero attached hydrogens (tertiary/aromatic N) is 2. The van der Waals surface area contributed by atoms with Gasteiger partial charge in [0.2, 0.25) is 5.95 Å². The van der Waals surface area contributed by atoms with Crippen LogP contribution < -0.4 is 11.5 Å². The van der Waals surface area contributed by atoms with Crippen LogP contribution in [0.1, 0.15) is 11.3 Å². The highest BCUT2D eigenvalue weighted by atomic mass is 32.2. The molecule has 0 saturated heterocycles. The van der Waals surface area contributed by atoms with Crippen LogP contribution in [0.2, 0.25) is 0 Å². The minimum atomic E-state index is -4.76. The number of sulfone groups is 1. The Hall–Kier alpha value is -1.58. The average Bonchev–Trinajstić information content (AvgIpc) is 2.09. The molecule has 4 N–H and O–H groups in total. The molecule has 0 amide bonds. The van der Waals surface area contributed by atoms with Gasteiger partial charge in [-0.1, -0.05) is 0 Å². The van der Waals surface area contributed by atoms with E-state index in [2.05, 4.69) is 9.97 Å². The first kappa shape index (κ1) is 14.5. The van der Waals surface area contributed by atoms with Crippen molar-refractivity contribution in [2.24, 2.45) is 0 Å². The standard InChI is InChI=1S/C8H11F3N4O2S/c1-18(16,17)3-2-4-5(8(9,10)11)6(12)15-7(13)14-4/h2-3H2,1H3,(H4,12,13,14,15). The second-order valence-electron chi connectivity index (χ2n) is 3.67. The summed E-state index contributed by atoms with van der Waals surface area (Å²) in [5.74, 6) is -1.71. The third-order valence-corrected chi connectivity index (χ3v) is 2.97. The third kappa shape index (κ3) is 3.72. The molecule has 0 bridgehead atoms. The third-order valence-electron chi connectivity index (χ3n) is 2.02. The van der Waals surface area contributed by atoms with Crippen molar-refractivity contribution in [3.05, 3.63) is 11.3 Å². The van der Waals surface area contributed by atoms with Gasteiger partial charge in [0.05, 0.1) is 11.4 Å². The monoisotopic (exact) mass is 284 g/mol. The molecule has 102 valence electrons. The lowest BCUT2D eigenvalue weighted by atomic mass is 10.1. The lowest BCUT2D eigenvalue weighted by Crippen LogP contribution is -2.19. The van der Waals surface area contributed by atoms with Crippen molar-refractivity contribution in [2.75, 3.05) is 23.5 Å². The zero-order valence-electron chi connectivity index (χ0n) is 9.32. The zero-order chi connectivity index (χ0) is 14.1. The van der Waals surface area contributed by atoms with Gasteiger partial charge in [0, 0.05) is 12.7 Å². The Labute approximate surface area is 101 Å². The summed E-state index contributed by atoms with van der Waals surface area (Å²) in [5, 5.41) is 0. The largest absolute Gasteiger partial charge is 0.421 e. The van der Waals surface area contributed by atoms with Crippen LogP contribution in [0.3, 0.4) is 0 Å². The van der Waals surface area contributed by atoms with Gasteiger partial charge in [-0.3, -0.25) is 0 Å². The maximum Gasteiger partial charge on any atom is 0.421 e. The van der Waals surface area contributed by atoms with E-state index in [9.17, 15) is 21.6 Å². The summed E-state index contributed by atoms with van der Waals surface area (Å²) in [4.78, 5) is 6.63. The molecule has 0 aliphatic carbocycles.